The van der Waals surface area contributed by atoms with Crippen molar-refractivity contribution in [1.82, 2.24) is 0 Å². The molecule has 2 N–H and O–H groups in total. The summed E-state index contributed by atoms with van der Waals surface area (Å²) < 4.78 is 5.90. The summed E-state index contributed by atoms with van der Waals surface area (Å²) in [5.74, 6) is -4.52. The normalized spacial score (nSPS) is 13.1. The van der Waals surface area contributed by atoms with Crippen molar-refractivity contribution in [3.63, 3.8) is 0 Å². The summed E-state index contributed by atoms with van der Waals surface area (Å²) in [6.45, 7) is 8.66. The highest BCUT2D eigenvalue weighted by Gasteiger charge is 2.38. The first kappa shape index (κ1) is 22.5. The Hall–Kier alpha value is -1.56. The minimum atomic E-state index is -1.71. The molecule has 6 heteroatoms. The first-order valence-electron chi connectivity index (χ1n) is 9.91. The van der Waals surface area contributed by atoms with Crippen molar-refractivity contribution in [2.75, 3.05) is 0 Å². The molecule has 1 aromatic rings. The second kappa shape index (κ2) is 10.6. The lowest BCUT2D eigenvalue weighted by Gasteiger charge is -2.25. The molecule has 0 fully saturated rings. The van der Waals surface area contributed by atoms with Gasteiger partial charge >= 0.3 is 11.9 Å². The van der Waals surface area contributed by atoms with Gasteiger partial charge in [0.05, 0.1) is 11.6 Å². The third-order valence-corrected chi connectivity index (χ3v) is 11.3. The number of hydrogen-bond acceptors (Lipinski definition) is 3. The minimum Gasteiger partial charge on any atom is -0.481 e. The Labute approximate surface area is 157 Å². The van der Waals surface area contributed by atoms with E-state index in [1.165, 1.54) is 0 Å². The van der Waals surface area contributed by atoms with E-state index in [-0.39, 0.29) is 0 Å². The monoisotopic (exact) mass is 382 g/mol. The molecule has 0 aromatic carbocycles. The molecule has 1 unspecified atom stereocenters. The van der Waals surface area contributed by atoms with Gasteiger partial charge in [-0.2, -0.15) is 0 Å². The maximum atomic E-state index is 11.6. The summed E-state index contributed by atoms with van der Waals surface area (Å²) >= 11 is 0. The van der Waals surface area contributed by atoms with Crippen molar-refractivity contribution in [3.8, 4) is 0 Å². The van der Waals surface area contributed by atoms with Gasteiger partial charge in [-0.05, 0) is 18.1 Å². The Morgan fingerprint density at radius 3 is 2.04 bits per heavy atom. The fourth-order valence-corrected chi connectivity index (χ4v) is 7.19. The van der Waals surface area contributed by atoms with Gasteiger partial charge in [-0.1, -0.05) is 71.5 Å². The summed E-state index contributed by atoms with van der Waals surface area (Å²) in [7, 11) is -1.71. The molecule has 26 heavy (non-hydrogen) atoms. The van der Waals surface area contributed by atoms with Gasteiger partial charge in [0.2, 0.25) is 0 Å². The topological polar surface area (TPSA) is 87.7 Å². The summed E-state index contributed by atoms with van der Waals surface area (Å²) in [5.41, 5.74) is 0.735. The van der Waals surface area contributed by atoms with Crippen LogP contribution in [-0.4, -0.2) is 30.2 Å². The van der Waals surface area contributed by atoms with E-state index in [2.05, 4.69) is 27.7 Å². The van der Waals surface area contributed by atoms with E-state index in [4.69, 9.17) is 4.42 Å². The van der Waals surface area contributed by atoms with Crippen LogP contribution >= 0.6 is 0 Å². The molecule has 0 saturated heterocycles. The zero-order chi connectivity index (χ0) is 19.7. The van der Waals surface area contributed by atoms with Crippen molar-refractivity contribution in [2.24, 2.45) is 5.92 Å². The van der Waals surface area contributed by atoms with E-state index in [1.54, 1.807) is 6.26 Å². The Kier molecular flexibility index (Phi) is 9.12. The van der Waals surface area contributed by atoms with Gasteiger partial charge in [0.1, 0.15) is 8.07 Å². The molecule has 0 saturated carbocycles. The van der Waals surface area contributed by atoms with Gasteiger partial charge in [0, 0.05) is 5.92 Å². The van der Waals surface area contributed by atoms with Gasteiger partial charge in [-0.3, -0.25) is 9.59 Å². The zero-order valence-electron chi connectivity index (χ0n) is 16.6. The third-order valence-electron chi connectivity index (χ3n) is 5.90. The van der Waals surface area contributed by atoms with Crippen LogP contribution in [0, 0.1) is 5.92 Å². The van der Waals surface area contributed by atoms with Crippen molar-refractivity contribution in [3.05, 3.63) is 17.9 Å². The van der Waals surface area contributed by atoms with Crippen LogP contribution in [0.5, 0.6) is 0 Å². The van der Waals surface area contributed by atoms with Crippen LogP contribution in [0.3, 0.4) is 0 Å². The molecule has 0 radical (unpaired) electrons. The number of furan rings is 1. The Morgan fingerprint density at radius 2 is 1.58 bits per heavy atom. The molecular weight excluding hydrogens is 348 g/mol. The van der Waals surface area contributed by atoms with Gasteiger partial charge in [-0.25, -0.2) is 0 Å². The maximum absolute atomic E-state index is 11.6. The molecule has 1 rings (SSSR count). The number of carbonyl (C=O) groups is 2. The van der Waals surface area contributed by atoms with Crippen LogP contribution in [0.2, 0.25) is 18.1 Å². The SMILES string of the molecule is CCCCCCC(c1coc([Si](CC)(CC)CC)c1)C(C(=O)O)C(=O)O. The second-order valence-electron chi connectivity index (χ2n) is 7.20. The van der Waals surface area contributed by atoms with E-state index in [1.807, 2.05) is 6.07 Å². The van der Waals surface area contributed by atoms with Crippen molar-refractivity contribution in [2.45, 2.75) is 83.8 Å². The smallest absolute Gasteiger partial charge is 0.318 e. The fraction of sp³-hybridized carbons (Fsp3) is 0.700. The van der Waals surface area contributed by atoms with E-state index in [0.717, 1.165) is 54.8 Å². The van der Waals surface area contributed by atoms with Crippen LogP contribution in [0.25, 0.3) is 0 Å². The van der Waals surface area contributed by atoms with E-state index < -0.39 is 31.8 Å². The van der Waals surface area contributed by atoms with Crippen molar-refractivity contribution >= 4 is 25.4 Å². The lowest BCUT2D eigenvalue weighted by Crippen LogP contribution is -2.45. The van der Waals surface area contributed by atoms with Gasteiger partial charge in [0.25, 0.3) is 0 Å². The summed E-state index contributed by atoms with van der Waals surface area (Å²) in [6, 6.07) is 5.16. The van der Waals surface area contributed by atoms with Crippen LogP contribution in [0.4, 0.5) is 0 Å². The number of carboxylic acids is 2. The largest absolute Gasteiger partial charge is 0.481 e. The molecule has 1 aromatic heterocycles. The number of rotatable bonds is 13. The molecular formula is C20H34O5Si. The van der Waals surface area contributed by atoms with Crippen LogP contribution in [-0.2, 0) is 9.59 Å². The van der Waals surface area contributed by atoms with Crippen molar-refractivity contribution in [1.29, 1.82) is 0 Å². The van der Waals surface area contributed by atoms with E-state index >= 15 is 0 Å². The molecule has 1 heterocycles. The summed E-state index contributed by atoms with van der Waals surface area (Å²) in [4.78, 5) is 23.2. The summed E-state index contributed by atoms with van der Waals surface area (Å²) in [5, 5.41) is 19.9. The average Bonchev–Trinajstić information content (AvgIpc) is 3.09. The van der Waals surface area contributed by atoms with Crippen LogP contribution in [0.15, 0.2) is 16.7 Å². The standard InChI is InChI=1S/C20H34O5Si/c1-5-9-10-11-12-16(18(19(21)22)20(23)24)15-13-17(25-14-15)26(6-2,7-3)8-4/h13-14,16,18H,5-12H2,1-4H3,(H,21,22)(H,23,24). The Morgan fingerprint density at radius 1 is 1.00 bits per heavy atom. The number of hydrogen-bond donors (Lipinski definition) is 2. The molecule has 0 aliphatic carbocycles. The first-order valence-corrected chi connectivity index (χ1v) is 12.5. The molecule has 0 spiro atoms. The highest BCUT2D eigenvalue weighted by atomic mass is 28.3. The predicted octanol–water partition coefficient (Wildman–Crippen LogP) is 4.83. The molecule has 5 nitrogen and oxygen atoms in total. The molecule has 148 valence electrons. The van der Waals surface area contributed by atoms with E-state index in [9.17, 15) is 19.8 Å². The highest BCUT2D eigenvalue weighted by Crippen LogP contribution is 2.32. The first-order chi connectivity index (χ1) is 12.4. The van der Waals surface area contributed by atoms with Crippen LogP contribution < -0.4 is 5.38 Å². The highest BCUT2D eigenvalue weighted by molar-refractivity contribution is 6.90. The zero-order valence-corrected chi connectivity index (χ0v) is 17.6. The lowest BCUT2D eigenvalue weighted by atomic mass is 9.83. The van der Waals surface area contributed by atoms with Crippen LogP contribution in [0.1, 0.15) is 71.3 Å². The second-order valence-corrected chi connectivity index (χ2v) is 12.4. The Bertz CT molecular complexity index is 554. The molecule has 1 atom stereocenters. The molecule has 0 aliphatic rings. The van der Waals surface area contributed by atoms with Crippen molar-refractivity contribution < 1.29 is 24.2 Å². The Balaban J connectivity index is 3.18. The average molecular weight is 383 g/mol. The number of carboxylic acid groups (broad SMARTS) is 2. The number of unbranched alkanes of at least 4 members (excludes halogenated alkanes) is 3. The maximum Gasteiger partial charge on any atom is 0.318 e. The molecule has 0 bridgehead atoms. The van der Waals surface area contributed by atoms with Gasteiger partial charge < -0.3 is 14.6 Å². The number of aliphatic carboxylic acids is 2. The van der Waals surface area contributed by atoms with E-state index in [0.29, 0.717) is 6.42 Å². The molecule has 0 amide bonds. The minimum absolute atomic E-state index is 0.545. The third kappa shape index (κ3) is 5.22. The predicted molar refractivity (Wildman–Crippen MR) is 106 cm³/mol. The summed E-state index contributed by atoms with van der Waals surface area (Å²) in [6.07, 6.45) is 6.14. The quantitative estimate of drug-likeness (QED) is 0.290. The fourth-order valence-electron chi connectivity index (χ4n) is 3.86. The van der Waals surface area contributed by atoms with Gasteiger partial charge in [0.15, 0.2) is 5.92 Å². The van der Waals surface area contributed by atoms with Gasteiger partial charge in [-0.15, -0.1) is 0 Å². The molecule has 0 aliphatic heterocycles. The lowest BCUT2D eigenvalue weighted by molar-refractivity contribution is -0.155.